The molecule has 11 N–H and O–H groups in total. The first-order valence-corrected chi connectivity index (χ1v) is 38.3. The maximum absolute atomic E-state index is 12.3. The van der Waals surface area contributed by atoms with Crippen molar-refractivity contribution in [3.05, 3.63) is 261 Å². The number of likely N-dealkylation sites (N-methyl/N-ethyl adjacent to an activating group) is 3. The van der Waals surface area contributed by atoms with Crippen molar-refractivity contribution in [1.82, 2.24) is 60.1 Å². The van der Waals surface area contributed by atoms with Crippen molar-refractivity contribution < 1.29 is 34.0 Å². The van der Waals surface area contributed by atoms with Gasteiger partial charge in [-0.25, -0.2) is 29.7 Å². The Kier molecular flexibility index (Phi) is 29.4. The highest BCUT2D eigenvalue weighted by atomic mass is 32.1. The van der Waals surface area contributed by atoms with Gasteiger partial charge in [-0.2, -0.15) is 35.7 Å². The number of aliphatic hydroxyl groups is 2. The second-order valence-electron chi connectivity index (χ2n) is 25.2. The summed E-state index contributed by atoms with van der Waals surface area (Å²) in [4.78, 5) is 72.2. The second kappa shape index (κ2) is 41.3. The molecule has 0 aliphatic heterocycles. The molecular formula is C84H79N21O7S3. The number of hydrogen-bond donors (Lipinski definition) is 8. The number of hydrogen-bond acceptors (Lipinski definition) is 28. The molecule has 1 amide bonds. The van der Waals surface area contributed by atoms with Crippen LogP contribution in [0.4, 0.5) is 33.8 Å². The number of benzene rings is 8. The molecule has 28 nitrogen and oxygen atoms in total. The van der Waals surface area contributed by atoms with Gasteiger partial charge in [-0.15, -0.1) is 34.0 Å². The molecule has 15 aromatic rings. The molecule has 0 saturated carbocycles. The van der Waals surface area contributed by atoms with E-state index in [1.54, 1.807) is 23.5 Å². The molecule has 0 bridgehead atoms. The van der Waals surface area contributed by atoms with E-state index in [0.29, 0.717) is 102 Å². The van der Waals surface area contributed by atoms with E-state index < -0.39 is 6.09 Å². The van der Waals surface area contributed by atoms with E-state index in [9.17, 15) is 20.1 Å². The molecule has 15 rings (SSSR count). The summed E-state index contributed by atoms with van der Waals surface area (Å²) in [5.41, 5.74) is 32.4. The number of ether oxygens (including phenoxy) is 3. The highest BCUT2D eigenvalue weighted by molar-refractivity contribution is 7.20. The molecule has 0 spiro atoms. The van der Waals surface area contributed by atoms with Crippen LogP contribution in [0.1, 0.15) is 58.8 Å². The van der Waals surface area contributed by atoms with Crippen molar-refractivity contribution in [1.29, 1.82) is 15.8 Å². The summed E-state index contributed by atoms with van der Waals surface area (Å²) in [6.45, 7) is 3.67. The van der Waals surface area contributed by atoms with Gasteiger partial charge in [-0.1, -0.05) is 109 Å². The lowest BCUT2D eigenvalue weighted by Crippen LogP contribution is -2.28. The fraction of sp³-hybridized carbons (Fsp3) is 0.167. The van der Waals surface area contributed by atoms with E-state index in [2.05, 4.69) is 78.3 Å². The van der Waals surface area contributed by atoms with E-state index in [0.717, 1.165) is 97.4 Å². The zero-order chi connectivity index (χ0) is 80.8. The van der Waals surface area contributed by atoms with Crippen LogP contribution in [0.3, 0.4) is 0 Å². The number of H-pyrrole nitrogens is 2. The minimum Gasteiger partial charge on any atom is -0.471 e. The topological polar surface area (TPSA) is 421 Å². The number of fused-ring (bicyclic) bond motifs is 5. The lowest BCUT2D eigenvalue weighted by molar-refractivity contribution is 0.112. The minimum atomic E-state index is -0.495. The van der Waals surface area contributed by atoms with Gasteiger partial charge in [0, 0.05) is 69.9 Å². The summed E-state index contributed by atoms with van der Waals surface area (Å²) >= 11 is 4.62. The number of carbonyl (C=O) groups excluding carboxylic acids is 2. The van der Waals surface area contributed by atoms with Gasteiger partial charge in [-0.3, -0.25) is 4.79 Å². The normalized spacial score (nSPS) is 10.9. The van der Waals surface area contributed by atoms with Gasteiger partial charge in [0.15, 0.2) is 11.3 Å². The number of aldehydes is 1. The number of allylic oxidation sites excluding steroid dienone is 2. The van der Waals surface area contributed by atoms with E-state index in [4.69, 9.17) is 46.9 Å². The predicted octanol–water partition coefficient (Wildman–Crippen LogP) is 13.6. The number of nitrogen functional groups attached to an aromatic ring is 2. The molecule has 0 atom stereocenters. The molecule has 580 valence electrons. The summed E-state index contributed by atoms with van der Waals surface area (Å²) in [6, 6.07) is 68.8. The largest absolute Gasteiger partial charge is 0.471 e. The third-order valence-corrected chi connectivity index (χ3v) is 20.3. The smallest absolute Gasteiger partial charge is 0.407 e. The van der Waals surface area contributed by atoms with Crippen molar-refractivity contribution in [2.45, 2.75) is 32.7 Å². The Bertz CT molecular complexity index is 5810. The maximum atomic E-state index is 12.3. The van der Waals surface area contributed by atoms with Crippen LogP contribution < -0.4 is 46.7 Å². The van der Waals surface area contributed by atoms with Gasteiger partial charge in [-0.05, 0) is 130 Å². The Morgan fingerprint density at radius 2 is 0.922 bits per heavy atom. The fourth-order valence-corrected chi connectivity index (χ4v) is 13.7. The first-order chi connectivity index (χ1) is 56.1. The molecule has 0 saturated heterocycles. The summed E-state index contributed by atoms with van der Waals surface area (Å²) in [5, 5.41) is 50.5. The van der Waals surface area contributed by atoms with Crippen molar-refractivity contribution in [2.75, 3.05) is 86.8 Å². The number of aliphatic hydroxyl groups excluding tert-OH is 2. The molecule has 0 radical (unpaired) electrons. The maximum Gasteiger partial charge on any atom is 0.407 e. The Morgan fingerprint density at radius 3 is 1.33 bits per heavy atom. The Morgan fingerprint density at radius 1 is 0.513 bits per heavy atom. The average molecular weight is 1590 g/mol. The summed E-state index contributed by atoms with van der Waals surface area (Å²) in [7, 11) is 5.76. The van der Waals surface area contributed by atoms with Crippen molar-refractivity contribution in [3.63, 3.8) is 0 Å². The number of thiazole rings is 3. The molecule has 7 heterocycles. The highest BCUT2D eigenvalue weighted by Gasteiger charge is 2.16. The molecule has 7 aromatic heterocycles. The number of nitrogens with one attached hydrogen (secondary N) is 3. The second-order valence-corrected chi connectivity index (χ2v) is 28.4. The number of nitrogens with two attached hydrogens (primary N) is 3. The molecule has 0 aliphatic rings. The number of carbonyl (C=O) groups is 2. The number of aromatic amines is 2. The van der Waals surface area contributed by atoms with Gasteiger partial charge in [0.25, 0.3) is 0 Å². The third kappa shape index (κ3) is 23.3. The van der Waals surface area contributed by atoms with Gasteiger partial charge in [0.2, 0.25) is 23.7 Å². The molecule has 0 fully saturated rings. The number of rotatable bonds is 25. The molecule has 0 aliphatic carbocycles. The Balaban J connectivity index is 0.000000157. The quantitative estimate of drug-likeness (QED) is 0.0195. The summed E-state index contributed by atoms with van der Waals surface area (Å²) < 4.78 is 20.2. The van der Waals surface area contributed by atoms with Gasteiger partial charge >= 0.3 is 6.09 Å². The van der Waals surface area contributed by atoms with E-state index in [1.165, 1.54) is 35.3 Å². The van der Waals surface area contributed by atoms with Crippen LogP contribution in [0.15, 0.2) is 207 Å². The zero-order valence-electron chi connectivity index (χ0n) is 62.7. The van der Waals surface area contributed by atoms with Crippen LogP contribution in [-0.4, -0.2) is 138 Å². The number of alkyl carbamates (subject to hydrolysis) is 1. The standard InChI is InChI=1S/C33H29N9O3S.C19H17N3OS.C13H14N6O.C10H13NO2.C9H6N2S/c1-42(25-12-10-21(11-13-25)16-24(17-34)31-39-26-4-2-3-5-27(26)46-31)14-15-44-33(43)36-18-22-6-8-23(9-7-22)19-45-30-28-29(38-20-37-28)40-32(35)41-30;1-22(10-11-23)16-8-6-14(7-9-16)12-15(13-20)19-21-17-4-2-3-5-18(17)24-19;14-5-8-1-3-9(4-2-8)6-20-12-10-11(17-7-16-10)18-13(15)19-12;1-11(6-7-12)10-4-2-9(8-13)3-5-10;10-6-5-9-11-7-3-1-2-4-8(7)12-9/h2-13,16,20H,14-15,18-19H2,1H3,(H,36,43)(H3,35,37,38,40,41);2-9,12,23H,10-11H2,1H3;1-4,7H,5-6,14H2,(H3,15,16,17,18,19);2-5,8,12H,6-7H2,1H3;1-4H,5H2/b24-16+;15-12+;;;. The number of nitriles is 3. The monoisotopic (exact) mass is 1590 g/mol. The van der Waals surface area contributed by atoms with Crippen molar-refractivity contribution in [2.24, 2.45) is 5.73 Å². The number of nitrogens with zero attached hydrogens (tertiary/aromatic N) is 15. The van der Waals surface area contributed by atoms with Gasteiger partial charge in [0.1, 0.15) is 64.3 Å². The summed E-state index contributed by atoms with van der Waals surface area (Å²) in [6.07, 6.45) is 7.47. The molecule has 8 aromatic carbocycles. The predicted molar refractivity (Wildman–Crippen MR) is 454 cm³/mol. The number of anilines is 5. The number of imidazole rings is 2. The zero-order valence-corrected chi connectivity index (χ0v) is 65.2. The molecular weight excluding hydrogens is 1510 g/mol. The van der Waals surface area contributed by atoms with Crippen molar-refractivity contribution in [3.8, 4) is 30.0 Å². The number of aromatic nitrogens is 11. The van der Waals surface area contributed by atoms with Gasteiger partial charge in [0.05, 0.1) is 86.7 Å². The lowest BCUT2D eigenvalue weighted by Gasteiger charge is -2.19. The van der Waals surface area contributed by atoms with Crippen LogP contribution >= 0.6 is 34.0 Å². The van der Waals surface area contributed by atoms with Crippen LogP contribution in [-0.2, 0) is 37.5 Å². The van der Waals surface area contributed by atoms with Crippen LogP contribution in [0.2, 0.25) is 0 Å². The highest BCUT2D eigenvalue weighted by Crippen LogP contribution is 2.32. The lowest BCUT2D eigenvalue weighted by atomic mass is 10.1. The minimum absolute atomic E-state index is 0.0880. The fourth-order valence-electron chi connectivity index (χ4n) is 11.0. The Labute approximate surface area is 673 Å². The van der Waals surface area contributed by atoms with Gasteiger partial charge < -0.3 is 71.6 Å². The average Bonchev–Trinajstić information content (AvgIpc) is 1.73. The van der Waals surface area contributed by atoms with Crippen LogP contribution in [0.5, 0.6) is 11.8 Å². The first-order valence-electron chi connectivity index (χ1n) is 35.8. The van der Waals surface area contributed by atoms with Crippen molar-refractivity contribution >= 4 is 152 Å². The van der Waals surface area contributed by atoms with Crippen LogP contribution in [0.25, 0.3) is 76.3 Å². The van der Waals surface area contributed by atoms with Crippen LogP contribution in [0, 0.1) is 34.0 Å². The molecule has 115 heavy (non-hydrogen) atoms. The SMILES string of the molecule is CN(CCO)c1ccc(/C=C(\C#N)c2nc3ccccc3s2)cc1.CN(CCO)c1ccc(C=O)cc1.CN(CCOC(=O)NCc1ccc(COc2nc(N)nc3nc[nH]c23)cc1)c1ccc(/C=C(\C#N)c2nc3ccccc3s2)cc1.N#CCc1nc2ccccc2s1.NCc1ccc(COc2nc(N)nc3nc[nH]c23)cc1. The Hall–Kier alpha value is -14.1. The third-order valence-electron chi connectivity index (χ3n) is 17.2. The van der Waals surface area contributed by atoms with E-state index in [-0.39, 0.29) is 38.3 Å². The van der Waals surface area contributed by atoms with E-state index >= 15 is 0 Å². The van der Waals surface area contributed by atoms with E-state index in [1.807, 2.05) is 230 Å². The number of para-hydroxylation sites is 3. The molecule has 0 unspecified atom stereocenters. The number of amides is 1. The molecule has 31 heteroatoms. The first kappa shape index (κ1) is 81.9. The summed E-state index contributed by atoms with van der Waals surface area (Å²) in [5.74, 6) is 0.954.